The largest absolute Gasteiger partial charge is 3.00 e. The van der Waals surface area contributed by atoms with Crippen LogP contribution < -0.4 is 0 Å². The molecular formula is C96H51N24O9S3V. The normalized spacial score (nSPS) is 12.3. The van der Waals surface area contributed by atoms with Gasteiger partial charge in [0.25, 0.3) is 0 Å². The molecule has 33 nitrogen and oxygen atoms in total. The summed E-state index contributed by atoms with van der Waals surface area (Å²) in [4.78, 5) is 106. The van der Waals surface area contributed by atoms with Gasteiger partial charge in [0.2, 0.25) is 0 Å². The van der Waals surface area contributed by atoms with E-state index in [2.05, 4.69) is 29.9 Å². The molecule has 0 radical (unpaired) electrons. The zero-order valence-corrected chi connectivity index (χ0v) is 71.7. The Bertz CT molecular complexity index is 8860. The first-order valence-electron chi connectivity index (χ1n) is 40.8. The molecule has 6 N–H and O–H groups in total. The van der Waals surface area contributed by atoms with E-state index in [9.17, 15) is 38.9 Å². The zero-order chi connectivity index (χ0) is 88.7. The Morgan fingerprint density at radius 3 is 0.444 bits per heavy atom. The van der Waals surface area contributed by atoms with Gasteiger partial charge in [-0.05, 0) is 18.2 Å². The SMILES string of the molecule is O=S(=O)([O-])c1cccc2c3nc4nc(nc5[nH]c(nc6nc(nc([nH]3)c12)-c1ccccc1-6)c1ccccc51)-c1ccccc1-4.O=S(=O)([O-])c1cccc2c3nc4nc(nc5[nH]c(nc6nc(nc([nH]3)c12)-c1ccccc1-6)c1ccccc51)-c1ccccc1-4.O=S(=O)([O-])c1cccc2c3nc4nc(nc5[nH]c(nc6nc(nc([nH]3)c12)-c1ccccc1-6)c1ccccc51)-c1ccccc1-4.[V+3]. The number of nitrogens with zero attached hydrogens (tertiary/aromatic N) is 18. The average Bonchev–Trinajstić information content (AvgIpc) is 1.60. The minimum Gasteiger partial charge on any atom is -0.744 e. The number of H-pyrrole nitrogens is 6. The van der Waals surface area contributed by atoms with Crippen molar-refractivity contribution in [3.63, 3.8) is 0 Å². The van der Waals surface area contributed by atoms with Crippen LogP contribution in [0.4, 0.5) is 0 Å². The number of aromatic nitrogens is 24. The second kappa shape index (κ2) is 30.1. The number of fused-ring (bicyclic) bond motifs is 60. The summed E-state index contributed by atoms with van der Waals surface area (Å²) in [7, 11) is -14.6. The van der Waals surface area contributed by atoms with E-state index in [4.69, 9.17) is 89.7 Å². The maximum absolute atomic E-state index is 12.4. The molecule has 632 valence electrons. The second-order valence-corrected chi connectivity index (χ2v) is 35.2. The van der Waals surface area contributed by atoms with Crippen molar-refractivity contribution in [2.75, 3.05) is 0 Å². The zero-order valence-electron chi connectivity index (χ0n) is 67.9. The molecule has 15 heterocycles. The molecule has 24 bridgehead atoms. The summed E-state index contributed by atoms with van der Waals surface area (Å²) in [6, 6.07) is 82.1. The molecule has 21 aromatic rings. The molecule has 0 atom stereocenters. The molecule has 0 saturated carbocycles. The van der Waals surface area contributed by atoms with E-state index in [1.807, 2.05) is 218 Å². The molecule has 0 unspecified atom stereocenters. The summed E-state index contributed by atoms with van der Waals surface area (Å²) >= 11 is 0. The van der Waals surface area contributed by atoms with Crippen molar-refractivity contribution in [3.05, 3.63) is 273 Å². The molecule has 12 aromatic carbocycles. The van der Waals surface area contributed by atoms with E-state index in [1.165, 1.54) is 36.4 Å². The molecular weight excluding hydrogens is 1780 g/mol. The minimum absolute atomic E-state index is 0. The molecule has 0 saturated heterocycles. The maximum Gasteiger partial charge on any atom is 3.00 e. The standard InChI is InChI=1S/3C32H18N8O3S.V/c3*41-44(42,43)23-15-7-14-22-24(23)32-39-30-21-13-6-5-12-20(21)28(37-30)35-26-17-9-2-1-8-16(17)25(33-26)34-27-18-10-3-4-11-19(18)29(36-27)38-31(22)40-32;/h3*1-15H,(H,41,42,43)(H2,33,34,35,36,37,38,39,40);/q;;;+3/p-3. The van der Waals surface area contributed by atoms with Crippen LogP contribution in [-0.2, 0) is 48.9 Å². The Hall–Kier alpha value is -17.0. The van der Waals surface area contributed by atoms with Gasteiger partial charge in [0.05, 0.1) is 14.7 Å². The number of aromatic amines is 6. The van der Waals surface area contributed by atoms with Crippen LogP contribution >= 0.6 is 0 Å². The van der Waals surface area contributed by atoms with E-state index in [0.717, 1.165) is 82.4 Å². The average molecular weight is 1830 g/mol. The van der Waals surface area contributed by atoms with Gasteiger partial charge in [0.1, 0.15) is 98.1 Å². The van der Waals surface area contributed by atoms with Crippen LogP contribution in [0.15, 0.2) is 288 Å². The van der Waals surface area contributed by atoms with Gasteiger partial charge >= 0.3 is 18.6 Å². The monoisotopic (exact) mass is 1830 g/mol. The van der Waals surface area contributed by atoms with Crippen LogP contribution in [0.5, 0.6) is 0 Å². The van der Waals surface area contributed by atoms with Crippen LogP contribution in [-0.4, -0.2) is 159 Å². The van der Waals surface area contributed by atoms with Gasteiger partial charge < -0.3 is 43.6 Å². The Labute approximate surface area is 758 Å². The summed E-state index contributed by atoms with van der Waals surface area (Å²) in [5.74, 6) is 4.64. The van der Waals surface area contributed by atoms with Crippen molar-refractivity contribution in [2.24, 2.45) is 0 Å². The van der Waals surface area contributed by atoms with Crippen LogP contribution in [0.1, 0.15) is 0 Å². The molecule has 0 aliphatic carbocycles. The van der Waals surface area contributed by atoms with Gasteiger partial charge in [-0.2, -0.15) is 0 Å². The van der Waals surface area contributed by atoms with Crippen LogP contribution in [0.2, 0.25) is 0 Å². The third-order valence-corrected chi connectivity index (χ3v) is 26.1. The van der Waals surface area contributed by atoms with Crippen molar-refractivity contribution >= 4 is 163 Å². The summed E-state index contributed by atoms with van der Waals surface area (Å²) in [6.45, 7) is 0. The van der Waals surface area contributed by atoms with E-state index >= 15 is 0 Å². The van der Waals surface area contributed by atoms with Gasteiger partial charge in [0, 0.05) is 131 Å². The Balaban J connectivity index is 0.000000109. The Kier molecular flexibility index (Phi) is 18.0. The molecule has 37 heteroatoms. The summed E-state index contributed by atoms with van der Waals surface area (Å²) < 4.78 is 112. The molecule has 0 amide bonds. The van der Waals surface area contributed by atoms with Gasteiger partial charge in [-0.3, -0.25) is 0 Å². The van der Waals surface area contributed by atoms with Crippen molar-refractivity contribution < 1.29 is 57.5 Å². The molecule has 27 rings (SSSR count). The van der Waals surface area contributed by atoms with Crippen molar-refractivity contribution in [1.29, 1.82) is 0 Å². The fourth-order valence-corrected chi connectivity index (χ4v) is 19.7. The molecule has 0 fully saturated rings. The van der Waals surface area contributed by atoms with Crippen molar-refractivity contribution in [2.45, 2.75) is 14.7 Å². The van der Waals surface area contributed by atoms with E-state index < -0.39 is 45.0 Å². The maximum atomic E-state index is 12.4. The van der Waals surface area contributed by atoms with Crippen molar-refractivity contribution in [3.8, 4) is 137 Å². The van der Waals surface area contributed by atoms with Gasteiger partial charge in [-0.15, -0.1) is 0 Å². The van der Waals surface area contributed by atoms with Crippen LogP contribution in [0.25, 0.3) is 269 Å². The molecule has 0 spiro atoms. The Morgan fingerprint density at radius 1 is 0.158 bits per heavy atom. The van der Waals surface area contributed by atoms with Crippen LogP contribution in [0.3, 0.4) is 0 Å². The Morgan fingerprint density at radius 2 is 0.286 bits per heavy atom. The topological polar surface area (TPSA) is 498 Å². The van der Waals surface area contributed by atoms with Gasteiger partial charge in [-0.25, -0.2) is 115 Å². The number of rotatable bonds is 3. The fourth-order valence-electron chi connectivity index (χ4n) is 17.6. The first-order valence-corrected chi connectivity index (χ1v) is 45.1. The first-order chi connectivity index (χ1) is 64.3. The van der Waals surface area contributed by atoms with Crippen molar-refractivity contribution in [1.82, 2.24) is 120 Å². The third kappa shape index (κ3) is 13.2. The third-order valence-electron chi connectivity index (χ3n) is 23.4. The summed E-state index contributed by atoms with van der Waals surface area (Å²) in [5, 5.41) is 6.73. The smallest absolute Gasteiger partial charge is 0.744 e. The summed E-state index contributed by atoms with van der Waals surface area (Å²) in [6.07, 6.45) is 0. The first kappa shape index (κ1) is 79.4. The minimum atomic E-state index is -4.87. The van der Waals surface area contributed by atoms with E-state index in [-0.39, 0.29) is 51.7 Å². The van der Waals surface area contributed by atoms with Gasteiger partial charge in [0.15, 0.2) is 69.9 Å². The van der Waals surface area contributed by atoms with Gasteiger partial charge in [-0.1, -0.05) is 255 Å². The van der Waals surface area contributed by atoms with E-state index in [1.54, 1.807) is 18.2 Å². The van der Waals surface area contributed by atoms with E-state index in [0.29, 0.717) is 154 Å². The second-order valence-electron chi connectivity index (χ2n) is 31.1. The van der Waals surface area contributed by atoms with Crippen LogP contribution in [0, 0.1) is 0 Å². The molecule has 6 aliphatic heterocycles. The molecule has 6 aliphatic rings. The number of benzene rings is 12. The fraction of sp³-hybridized carbons (Fsp3) is 0. The summed E-state index contributed by atoms with van der Waals surface area (Å²) in [5.41, 5.74) is 13.6. The molecule has 133 heavy (non-hydrogen) atoms. The predicted octanol–water partition coefficient (Wildman–Crippen LogP) is 17.3. The number of hydrogen-bond acceptors (Lipinski definition) is 27. The predicted molar refractivity (Wildman–Crippen MR) is 492 cm³/mol. The number of nitrogens with one attached hydrogen (secondary N) is 6. The molecule has 9 aromatic heterocycles. The number of hydrogen-bond donors (Lipinski definition) is 6. The quantitative estimate of drug-likeness (QED) is 0.0895.